The number of nitrogens with one attached hydrogen (secondary N) is 1. The first-order valence-electron chi connectivity index (χ1n) is 9.13. The fraction of sp³-hybridized carbons (Fsp3) is 0.368. The third-order valence-corrected chi connectivity index (χ3v) is 4.64. The van der Waals surface area contributed by atoms with Crippen LogP contribution in [0.5, 0.6) is 5.75 Å². The molecule has 0 spiro atoms. The Balaban J connectivity index is 1.65. The van der Waals surface area contributed by atoms with Crippen molar-refractivity contribution in [1.82, 2.24) is 20.4 Å². The second kappa shape index (κ2) is 7.34. The molecule has 0 saturated heterocycles. The average molecular weight is 384 g/mol. The molecule has 0 fully saturated rings. The fourth-order valence-corrected chi connectivity index (χ4v) is 3.28. The summed E-state index contributed by atoms with van der Waals surface area (Å²) < 4.78 is 15.9. The van der Waals surface area contributed by atoms with Crippen LogP contribution in [0.15, 0.2) is 40.1 Å². The average Bonchev–Trinajstić information content (AvgIpc) is 3.31. The molecule has 0 unspecified atom stereocenters. The van der Waals surface area contributed by atoms with Gasteiger partial charge >= 0.3 is 12.0 Å². The van der Waals surface area contributed by atoms with E-state index in [1.165, 1.54) is 4.90 Å². The molecule has 146 valence electrons. The fourth-order valence-electron chi connectivity index (χ4n) is 3.28. The van der Waals surface area contributed by atoms with Gasteiger partial charge in [-0.1, -0.05) is 24.2 Å². The van der Waals surface area contributed by atoms with Gasteiger partial charge in [0.2, 0.25) is 5.89 Å². The molecule has 0 saturated carbocycles. The van der Waals surface area contributed by atoms with Crippen LogP contribution in [-0.4, -0.2) is 40.3 Å². The number of carbonyl (C=O) groups is 2. The van der Waals surface area contributed by atoms with Crippen molar-refractivity contribution in [3.05, 3.63) is 52.8 Å². The van der Waals surface area contributed by atoms with Crippen molar-refractivity contribution in [2.75, 3.05) is 13.2 Å². The summed E-state index contributed by atoms with van der Waals surface area (Å²) in [7, 11) is 0. The number of aryl methyl sites for hydroxylation is 1. The van der Waals surface area contributed by atoms with Gasteiger partial charge in [0.15, 0.2) is 5.82 Å². The van der Waals surface area contributed by atoms with Crippen LogP contribution in [0.3, 0.4) is 0 Å². The summed E-state index contributed by atoms with van der Waals surface area (Å²) in [5.41, 5.74) is 1.71. The third-order valence-electron chi connectivity index (χ3n) is 4.64. The van der Waals surface area contributed by atoms with Gasteiger partial charge in [-0.25, -0.2) is 9.59 Å². The zero-order valence-corrected chi connectivity index (χ0v) is 15.6. The molecule has 9 nitrogen and oxygen atoms in total. The lowest BCUT2D eigenvalue weighted by atomic mass is 9.95. The van der Waals surface area contributed by atoms with E-state index in [-0.39, 0.29) is 19.2 Å². The van der Waals surface area contributed by atoms with Crippen molar-refractivity contribution in [2.45, 2.75) is 32.9 Å². The van der Waals surface area contributed by atoms with E-state index in [4.69, 9.17) is 14.0 Å². The Bertz CT molecular complexity index is 934. The number of rotatable bonds is 6. The predicted molar refractivity (Wildman–Crippen MR) is 96.1 cm³/mol. The maximum Gasteiger partial charge on any atom is 0.338 e. The molecule has 2 amide bonds. The number of urea groups is 1. The van der Waals surface area contributed by atoms with Crippen molar-refractivity contribution in [2.24, 2.45) is 0 Å². The number of hydrogen-bond acceptors (Lipinski definition) is 7. The van der Waals surface area contributed by atoms with E-state index >= 15 is 0 Å². The zero-order valence-electron chi connectivity index (χ0n) is 15.6. The normalized spacial score (nSPS) is 18.8. The van der Waals surface area contributed by atoms with Crippen LogP contribution in [0, 0.1) is 0 Å². The second-order valence-corrected chi connectivity index (χ2v) is 6.37. The monoisotopic (exact) mass is 384 g/mol. The van der Waals surface area contributed by atoms with Crippen molar-refractivity contribution in [3.8, 4) is 5.75 Å². The number of esters is 1. The Morgan fingerprint density at radius 3 is 2.71 bits per heavy atom. The molecule has 1 aromatic heterocycles. The van der Waals surface area contributed by atoms with Crippen molar-refractivity contribution in [3.63, 3.8) is 0 Å². The highest BCUT2D eigenvalue weighted by Gasteiger charge is 2.42. The maximum absolute atomic E-state index is 12.8. The topological polar surface area (TPSA) is 107 Å². The van der Waals surface area contributed by atoms with E-state index in [0.717, 1.165) is 11.3 Å². The molecule has 0 bridgehead atoms. The van der Waals surface area contributed by atoms with Gasteiger partial charge in [0, 0.05) is 6.42 Å². The summed E-state index contributed by atoms with van der Waals surface area (Å²) in [6.07, 6.45) is 0.630. The number of aromatic nitrogens is 2. The minimum absolute atomic E-state index is 0.0316. The summed E-state index contributed by atoms with van der Waals surface area (Å²) in [4.78, 5) is 30.8. The molecule has 2 aliphatic heterocycles. The number of nitrogens with zero attached hydrogens (tertiary/aromatic N) is 3. The van der Waals surface area contributed by atoms with Crippen molar-refractivity contribution < 1.29 is 23.6 Å². The van der Waals surface area contributed by atoms with Crippen LogP contribution in [0.1, 0.15) is 37.2 Å². The number of hydrogen-bond donors (Lipinski definition) is 1. The van der Waals surface area contributed by atoms with Gasteiger partial charge in [0.1, 0.15) is 18.9 Å². The molecule has 4 rings (SSSR count). The largest absolute Gasteiger partial charge is 0.494 e. The molecule has 0 aliphatic carbocycles. The molecule has 3 heterocycles. The van der Waals surface area contributed by atoms with Crippen LogP contribution < -0.4 is 10.1 Å². The molecule has 9 heteroatoms. The lowest BCUT2D eigenvalue weighted by Gasteiger charge is -2.32. The number of amides is 2. The Labute approximate surface area is 161 Å². The van der Waals surface area contributed by atoms with Gasteiger partial charge in [0.05, 0.1) is 23.9 Å². The Morgan fingerprint density at radius 1 is 1.25 bits per heavy atom. The van der Waals surface area contributed by atoms with Gasteiger partial charge in [-0.3, -0.25) is 4.90 Å². The highest BCUT2D eigenvalue weighted by atomic mass is 16.5. The van der Waals surface area contributed by atoms with Crippen LogP contribution in [0.4, 0.5) is 4.79 Å². The molecule has 0 radical (unpaired) electrons. The van der Waals surface area contributed by atoms with Gasteiger partial charge in [-0.05, 0) is 24.6 Å². The molecule has 1 N–H and O–H groups in total. The van der Waals surface area contributed by atoms with E-state index < -0.39 is 12.0 Å². The minimum atomic E-state index is -0.585. The van der Waals surface area contributed by atoms with E-state index in [9.17, 15) is 9.59 Å². The summed E-state index contributed by atoms with van der Waals surface area (Å²) >= 11 is 0. The second-order valence-electron chi connectivity index (χ2n) is 6.37. The quantitative estimate of drug-likeness (QED) is 0.760. The highest BCUT2D eigenvalue weighted by molar-refractivity contribution is 5.97. The molecule has 1 atom stereocenters. The van der Waals surface area contributed by atoms with E-state index in [0.29, 0.717) is 36.0 Å². The minimum Gasteiger partial charge on any atom is -0.494 e. The first-order chi connectivity index (χ1) is 13.6. The molecule has 28 heavy (non-hydrogen) atoms. The van der Waals surface area contributed by atoms with Crippen LogP contribution in [0.2, 0.25) is 0 Å². The van der Waals surface area contributed by atoms with Crippen molar-refractivity contribution >= 4 is 12.0 Å². The number of benzene rings is 1. The van der Waals surface area contributed by atoms with Gasteiger partial charge in [-0.15, -0.1) is 0 Å². The third kappa shape index (κ3) is 3.19. The summed E-state index contributed by atoms with van der Waals surface area (Å²) in [6, 6.07) is 6.33. The molecular weight excluding hydrogens is 364 g/mol. The first-order valence-corrected chi connectivity index (χ1v) is 9.13. The number of carbonyl (C=O) groups excluding carboxylic acids is 2. The number of ether oxygens (including phenoxy) is 2. The smallest absolute Gasteiger partial charge is 0.338 e. The van der Waals surface area contributed by atoms with E-state index in [2.05, 4.69) is 15.5 Å². The number of cyclic esters (lactones) is 1. The SMILES string of the molecule is CCOc1ccc([C@@H]2NC(=O)N(Cc3nc(CC)no3)C3=C2C(=O)OC3)cc1. The lowest BCUT2D eigenvalue weighted by Crippen LogP contribution is -2.46. The maximum atomic E-state index is 12.8. The Morgan fingerprint density at radius 2 is 2.04 bits per heavy atom. The predicted octanol–water partition coefficient (Wildman–Crippen LogP) is 2.11. The Kier molecular flexibility index (Phi) is 4.72. The van der Waals surface area contributed by atoms with E-state index in [1.807, 2.05) is 38.1 Å². The summed E-state index contributed by atoms with van der Waals surface area (Å²) in [5.74, 6) is 1.14. The summed E-state index contributed by atoms with van der Waals surface area (Å²) in [5, 5.41) is 6.72. The van der Waals surface area contributed by atoms with Crippen molar-refractivity contribution in [1.29, 1.82) is 0 Å². The van der Waals surface area contributed by atoms with Crippen LogP contribution in [-0.2, 0) is 22.5 Å². The van der Waals surface area contributed by atoms with Crippen LogP contribution >= 0.6 is 0 Å². The first kappa shape index (κ1) is 18.0. The standard InChI is InChI=1S/C19H20N4O5/c1-3-14-20-15(28-22-14)9-23-13-10-27-18(24)16(13)17(21-19(23)25)11-5-7-12(8-6-11)26-4-2/h5-8,17H,3-4,9-10H2,1-2H3,(H,21,25)/t17-/m0/s1. The van der Waals surface area contributed by atoms with Gasteiger partial charge < -0.3 is 19.3 Å². The molecular formula is C19H20N4O5. The zero-order chi connectivity index (χ0) is 19.7. The lowest BCUT2D eigenvalue weighted by molar-refractivity contribution is -0.136. The molecule has 1 aromatic carbocycles. The molecule has 2 aromatic rings. The Hall–Kier alpha value is -3.36. The highest BCUT2D eigenvalue weighted by Crippen LogP contribution is 2.36. The van der Waals surface area contributed by atoms with Gasteiger partial charge in [-0.2, -0.15) is 4.98 Å². The molecule has 2 aliphatic rings. The van der Waals surface area contributed by atoms with Crippen LogP contribution in [0.25, 0.3) is 0 Å². The summed E-state index contributed by atoms with van der Waals surface area (Å²) in [6.45, 7) is 4.48. The van der Waals surface area contributed by atoms with Gasteiger partial charge in [0.25, 0.3) is 0 Å². The van der Waals surface area contributed by atoms with E-state index in [1.54, 1.807) is 0 Å².